The maximum absolute atomic E-state index is 12.8. The van der Waals surface area contributed by atoms with E-state index in [0.29, 0.717) is 5.75 Å². The SMILES string of the molecule is O=C(CCS)N[C@@H](Cc1ccccc1)C(=O)N[C@@H](Cc1ccccc1)C(=O)O. The van der Waals surface area contributed by atoms with Gasteiger partial charge >= 0.3 is 5.97 Å². The van der Waals surface area contributed by atoms with Gasteiger partial charge in [-0.2, -0.15) is 12.6 Å². The predicted molar refractivity (Wildman–Crippen MR) is 110 cm³/mol. The second-order valence-corrected chi connectivity index (χ2v) is 6.82. The number of nitrogens with one attached hydrogen (secondary N) is 2. The van der Waals surface area contributed by atoms with E-state index in [2.05, 4.69) is 23.3 Å². The largest absolute Gasteiger partial charge is 0.480 e. The summed E-state index contributed by atoms with van der Waals surface area (Å²) in [6.07, 6.45) is 0.598. The summed E-state index contributed by atoms with van der Waals surface area (Å²) < 4.78 is 0. The molecule has 2 aromatic carbocycles. The quantitative estimate of drug-likeness (QED) is 0.458. The Morgan fingerprint density at radius 1 is 0.821 bits per heavy atom. The van der Waals surface area contributed by atoms with E-state index >= 15 is 0 Å². The van der Waals surface area contributed by atoms with Crippen molar-refractivity contribution in [2.24, 2.45) is 0 Å². The summed E-state index contributed by atoms with van der Waals surface area (Å²) in [6, 6.07) is 16.4. The van der Waals surface area contributed by atoms with Crippen LogP contribution in [0.1, 0.15) is 17.5 Å². The molecule has 2 amide bonds. The summed E-state index contributed by atoms with van der Waals surface area (Å²) in [5.74, 6) is -1.60. The maximum Gasteiger partial charge on any atom is 0.326 e. The summed E-state index contributed by atoms with van der Waals surface area (Å²) in [5, 5.41) is 14.8. The van der Waals surface area contributed by atoms with E-state index in [9.17, 15) is 19.5 Å². The number of carboxylic acid groups (broad SMARTS) is 1. The maximum atomic E-state index is 12.8. The molecule has 0 saturated carbocycles. The lowest BCUT2D eigenvalue weighted by Crippen LogP contribution is -2.53. The first kappa shape index (κ1) is 21.5. The van der Waals surface area contributed by atoms with Gasteiger partial charge in [0, 0.05) is 19.3 Å². The standard InChI is InChI=1S/C21H24N2O4S/c24-19(11-12-28)22-17(13-15-7-3-1-4-8-15)20(25)23-18(21(26)27)14-16-9-5-2-6-10-16/h1-10,17-18,28H,11-14H2,(H,22,24)(H,23,25)(H,26,27)/t17-,18-/m0/s1. The highest BCUT2D eigenvalue weighted by Crippen LogP contribution is 2.07. The monoisotopic (exact) mass is 400 g/mol. The molecule has 7 heteroatoms. The van der Waals surface area contributed by atoms with Gasteiger partial charge in [0.15, 0.2) is 0 Å². The molecule has 0 aliphatic heterocycles. The number of carbonyl (C=O) groups is 3. The predicted octanol–water partition coefficient (Wildman–Crippen LogP) is 1.85. The summed E-state index contributed by atoms with van der Waals surface area (Å²) in [5.41, 5.74) is 1.66. The molecular weight excluding hydrogens is 376 g/mol. The third-order valence-corrected chi connectivity index (χ3v) is 4.39. The van der Waals surface area contributed by atoms with Gasteiger partial charge in [-0.25, -0.2) is 4.79 Å². The fourth-order valence-electron chi connectivity index (χ4n) is 2.75. The van der Waals surface area contributed by atoms with Gasteiger partial charge < -0.3 is 15.7 Å². The first-order valence-corrected chi connectivity index (χ1v) is 9.64. The van der Waals surface area contributed by atoms with Gasteiger partial charge in [0.25, 0.3) is 0 Å². The van der Waals surface area contributed by atoms with Crippen LogP contribution in [0.2, 0.25) is 0 Å². The summed E-state index contributed by atoms with van der Waals surface area (Å²) >= 11 is 4.03. The van der Waals surface area contributed by atoms with Crippen molar-refractivity contribution >= 4 is 30.4 Å². The van der Waals surface area contributed by atoms with Gasteiger partial charge in [-0.05, 0) is 16.9 Å². The first-order valence-electron chi connectivity index (χ1n) is 9.01. The molecule has 0 fully saturated rings. The van der Waals surface area contributed by atoms with Crippen LogP contribution >= 0.6 is 12.6 Å². The Morgan fingerprint density at radius 2 is 1.32 bits per heavy atom. The minimum Gasteiger partial charge on any atom is -0.480 e. The van der Waals surface area contributed by atoms with Crippen molar-refractivity contribution in [2.45, 2.75) is 31.3 Å². The van der Waals surface area contributed by atoms with Crippen LogP contribution in [-0.4, -0.2) is 40.7 Å². The van der Waals surface area contributed by atoms with Crippen LogP contribution < -0.4 is 10.6 Å². The zero-order chi connectivity index (χ0) is 20.4. The molecule has 0 unspecified atom stereocenters. The fraction of sp³-hybridized carbons (Fsp3) is 0.286. The molecule has 0 spiro atoms. The third-order valence-electron chi connectivity index (χ3n) is 4.17. The molecule has 28 heavy (non-hydrogen) atoms. The Balaban J connectivity index is 2.11. The van der Waals surface area contributed by atoms with Gasteiger partial charge in [0.2, 0.25) is 11.8 Å². The lowest BCUT2D eigenvalue weighted by molar-refractivity contribution is -0.142. The molecule has 0 radical (unpaired) electrons. The summed E-state index contributed by atoms with van der Waals surface area (Å²) in [7, 11) is 0. The van der Waals surface area contributed by atoms with Crippen LogP contribution in [0.5, 0.6) is 0 Å². The number of rotatable bonds is 10. The number of carbonyl (C=O) groups excluding carboxylic acids is 2. The molecule has 3 N–H and O–H groups in total. The normalized spacial score (nSPS) is 12.6. The van der Waals surface area contributed by atoms with Crippen molar-refractivity contribution in [3.8, 4) is 0 Å². The first-order chi connectivity index (χ1) is 13.5. The number of aliphatic carboxylic acids is 1. The highest BCUT2D eigenvalue weighted by Gasteiger charge is 2.26. The van der Waals surface area contributed by atoms with Gasteiger partial charge in [-0.15, -0.1) is 0 Å². The van der Waals surface area contributed by atoms with Gasteiger partial charge in [-0.1, -0.05) is 60.7 Å². The van der Waals surface area contributed by atoms with Crippen LogP contribution in [0, 0.1) is 0 Å². The van der Waals surface area contributed by atoms with E-state index in [1.807, 2.05) is 48.5 Å². The number of amides is 2. The minimum atomic E-state index is -1.13. The van der Waals surface area contributed by atoms with Crippen LogP contribution in [-0.2, 0) is 27.2 Å². The second kappa shape index (κ2) is 11.1. The second-order valence-electron chi connectivity index (χ2n) is 6.37. The van der Waals surface area contributed by atoms with Gasteiger partial charge in [-0.3, -0.25) is 9.59 Å². The fourth-order valence-corrected chi connectivity index (χ4v) is 2.95. The number of hydrogen-bond acceptors (Lipinski definition) is 4. The molecule has 0 aliphatic carbocycles. The van der Waals surface area contributed by atoms with E-state index < -0.39 is 24.0 Å². The van der Waals surface area contributed by atoms with E-state index in [0.717, 1.165) is 11.1 Å². The van der Waals surface area contributed by atoms with E-state index in [1.54, 1.807) is 12.1 Å². The van der Waals surface area contributed by atoms with Crippen molar-refractivity contribution in [1.82, 2.24) is 10.6 Å². The van der Waals surface area contributed by atoms with Crippen molar-refractivity contribution in [1.29, 1.82) is 0 Å². The van der Waals surface area contributed by atoms with Crippen molar-refractivity contribution in [2.75, 3.05) is 5.75 Å². The smallest absolute Gasteiger partial charge is 0.326 e. The molecule has 148 valence electrons. The average molecular weight is 401 g/mol. The van der Waals surface area contributed by atoms with E-state index in [1.165, 1.54) is 0 Å². The van der Waals surface area contributed by atoms with Crippen LogP contribution in [0.15, 0.2) is 60.7 Å². The van der Waals surface area contributed by atoms with Crippen molar-refractivity contribution in [3.63, 3.8) is 0 Å². The van der Waals surface area contributed by atoms with Crippen molar-refractivity contribution < 1.29 is 19.5 Å². The summed E-state index contributed by atoms with van der Waals surface area (Å²) in [6.45, 7) is 0. The summed E-state index contributed by atoms with van der Waals surface area (Å²) in [4.78, 5) is 36.4. The lowest BCUT2D eigenvalue weighted by atomic mass is 10.0. The van der Waals surface area contributed by atoms with Crippen LogP contribution in [0.4, 0.5) is 0 Å². The van der Waals surface area contributed by atoms with Crippen LogP contribution in [0.3, 0.4) is 0 Å². The molecule has 2 aromatic rings. The van der Waals surface area contributed by atoms with Gasteiger partial charge in [0.1, 0.15) is 12.1 Å². The number of thiol groups is 1. The molecule has 0 saturated heterocycles. The number of hydrogen-bond donors (Lipinski definition) is 4. The molecule has 0 aromatic heterocycles. The van der Waals surface area contributed by atoms with Gasteiger partial charge in [0.05, 0.1) is 0 Å². The third kappa shape index (κ3) is 7.08. The van der Waals surface area contributed by atoms with E-state index in [4.69, 9.17) is 0 Å². The zero-order valence-corrected chi connectivity index (χ0v) is 16.3. The molecular formula is C21H24N2O4S. The minimum absolute atomic E-state index is 0.157. The highest BCUT2D eigenvalue weighted by atomic mass is 32.1. The average Bonchev–Trinajstić information content (AvgIpc) is 2.68. The Bertz CT molecular complexity index is 784. The Hall–Kier alpha value is -2.80. The van der Waals surface area contributed by atoms with Crippen molar-refractivity contribution in [3.05, 3.63) is 71.8 Å². The number of benzene rings is 2. The Morgan fingerprint density at radius 3 is 1.79 bits per heavy atom. The molecule has 0 heterocycles. The Kier molecular flexibility index (Phi) is 8.55. The zero-order valence-electron chi connectivity index (χ0n) is 15.4. The topological polar surface area (TPSA) is 95.5 Å². The molecule has 0 aliphatic rings. The number of carboxylic acids is 1. The highest BCUT2D eigenvalue weighted by molar-refractivity contribution is 7.80. The van der Waals surface area contributed by atoms with Crippen LogP contribution in [0.25, 0.3) is 0 Å². The molecule has 6 nitrogen and oxygen atoms in total. The lowest BCUT2D eigenvalue weighted by Gasteiger charge is -2.22. The molecule has 0 bridgehead atoms. The Labute approximate surface area is 169 Å². The van der Waals surface area contributed by atoms with E-state index in [-0.39, 0.29) is 25.2 Å². The molecule has 2 atom stereocenters. The molecule has 2 rings (SSSR count).